The number of amides is 1. The Balaban J connectivity index is 1.69. The fourth-order valence-electron chi connectivity index (χ4n) is 3.06. The molecule has 1 aromatic carbocycles. The molecule has 5 heteroatoms. The number of nitrogens with zero attached hydrogens (tertiary/aromatic N) is 3. The first-order valence-corrected chi connectivity index (χ1v) is 8.90. The average Bonchev–Trinajstić information content (AvgIpc) is 2.59. The van der Waals surface area contributed by atoms with Crippen molar-refractivity contribution in [2.45, 2.75) is 43.7 Å². The zero-order valence-corrected chi connectivity index (χ0v) is 13.7. The van der Waals surface area contributed by atoms with Crippen molar-refractivity contribution in [2.75, 3.05) is 12.3 Å². The SMILES string of the molecule is CC[C@@H]1CCCCN1C(=O)CSc1ncnc2ccccc12. The summed E-state index contributed by atoms with van der Waals surface area (Å²) < 4.78 is 0. The Bertz CT molecular complexity index is 656. The fourth-order valence-corrected chi connectivity index (χ4v) is 3.94. The minimum absolute atomic E-state index is 0.235. The zero-order valence-electron chi connectivity index (χ0n) is 12.9. The van der Waals surface area contributed by atoms with Gasteiger partial charge in [-0.05, 0) is 31.7 Å². The van der Waals surface area contributed by atoms with Gasteiger partial charge in [0.15, 0.2) is 0 Å². The number of carbonyl (C=O) groups is 1. The molecule has 1 saturated heterocycles. The molecule has 2 heterocycles. The third-order valence-electron chi connectivity index (χ3n) is 4.26. The minimum atomic E-state index is 0.235. The first-order chi connectivity index (χ1) is 10.8. The van der Waals surface area contributed by atoms with E-state index in [1.807, 2.05) is 24.3 Å². The van der Waals surface area contributed by atoms with Crippen molar-refractivity contribution >= 4 is 28.6 Å². The highest BCUT2D eigenvalue weighted by Crippen LogP contribution is 2.26. The van der Waals surface area contributed by atoms with Gasteiger partial charge in [-0.2, -0.15) is 0 Å². The number of piperidine rings is 1. The first kappa shape index (κ1) is 15.3. The second kappa shape index (κ2) is 7.09. The smallest absolute Gasteiger partial charge is 0.233 e. The maximum atomic E-state index is 12.5. The van der Waals surface area contributed by atoms with Gasteiger partial charge in [-0.15, -0.1) is 0 Å². The highest BCUT2D eigenvalue weighted by molar-refractivity contribution is 8.00. The Kier molecular flexibility index (Phi) is 4.93. The van der Waals surface area contributed by atoms with Gasteiger partial charge in [0.25, 0.3) is 0 Å². The van der Waals surface area contributed by atoms with E-state index in [4.69, 9.17) is 0 Å². The van der Waals surface area contributed by atoms with Crippen LogP contribution in [-0.2, 0) is 4.79 Å². The molecule has 1 atom stereocenters. The summed E-state index contributed by atoms with van der Waals surface area (Å²) in [5.74, 6) is 0.691. The van der Waals surface area contributed by atoms with Crippen LogP contribution in [0.5, 0.6) is 0 Å². The Morgan fingerprint density at radius 3 is 3.05 bits per heavy atom. The molecule has 1 amide bonds. The molecule has 0 bridgehead atoms. The molecule has 0 aliphatic carbocycles. The van der Waals surface area contributed by atoms with Gasteiger partial charge in [-0.25, -0.2) is 9.97 Å². The predicted molar refractivity (Wildman–Crippen MR) is 89.9 cm³/mol. The monoisotopic (exact) mass is 315 g/mol. The van der Waals surface area contributed by atoms with Crippen molar-refractivity contribution in [3.8, 4) is 0 Å². The number of hydrogen-bond donors (Lipinski definition) is 0. The van der Waals surface area contributed by atoms with E-state index in [9.17, 15) is 4.79 Å². The molecule has 3 rings (SSSR count). The standard InChI is InChI=1S/C17H21N3OS/c1-2-13-7-5-6-10-20(13)16(21)11-22-17-14-8-3-4-9-15(14)18-12-19-17/h3-4,8-9,12-13H,2,5-7,10-11H2,1H3/t13-/m1/s1. The normalized spacial score (nSPS) is 18.6. The highest BCUT2D eigenvalue weighted by Gasteiger charge is 2.25. The number of aromatic nitrogens is 2. The molecular weight excluding hydrogens is 294 g/mol. The number of hydrogen-bond acceptors (Lipinski definition) is 4. The van der Waals surface area contributed by atoms with E-state index < -0.39 is 0 Å². The number of fused-ring (bicyclic) bond motifs is 1. The number of rotatable bonds is 4. The van der Waals surface area contributed by atoms with Crippen LogP contribution in [0.3, 0.4) is 0 Å². The van der Waals surface area contributed by atoms with Gasteiger partial charge in [-0.1, -0.05) is 36.9 Å². The molecular formula is C17H21N3OS. The van der Waals surface area contributed by atoms with Gasteiger partial charge in [0.05, 0.1) is 11.3 Å². The summed E-state index contributed by atoms with van der Waals surface area (Å²) in [7, 11) is 0. The van der Waals surface area contributed by atoms with E-state index in [0.717, 1.165) is 41.7 Å². The lowest BCUT2D eigenvalue weighted by molar-refractivity contribution is -0.132. The van der Waals surface area contributed by atoms with Gasteiger partial charge in [-0.3, -0.25) is 4.79 Å². The van der Waals surface area contributed by atoms with E-state index >= 15 is 0 Å². The van der Waals surface area contributed by atoms with Crippen molar-refractivity contribution < 1.29 is 4.79 Å². The summed E-state index contributed by atoms with van der Waals surface area (Å²) in [6.45, 7) is 3.07. The van der Waals surface area contributed by atoms with Crippen LogP contribution in [0.25, 0.3) is 10.9 Å². The second-order valence-electron chi connectivity index (χ2n) is 5.63. The van der Waals surface area contributed by atoms with Crippen LogP contribution in [0, 0.1) is 0 Å². The summed E-state index contributed by atoms with van der Waals surface area (Å²) in [4.78, 5) is 23.2. The van der Waals surface area contributed by atoms with E-state index in [-0.39, 0.29) is 5.91 Å². The molecule has 1 aliphatic rings. The van der Waals surface area contributed by atoms with Gasteiger partial charge >= 0.3 is 0 Å². The molecule has 1 aliphatic heterocycles. The number of likely N-dealkylation sites (tertiary alicyclic amines) is 1. The fraction of sp³-hybridized carbons (Fsp3) is 0.471. The lowest BCUT2D eigenvalue weighted by atomic mass is 10.0. The van der Waals surface area contributed by atoms with Gasteiger partial charge in [0.1, 0.15) is 11.4 Å². The van der Waals surface area contributed by atoms with Crippen LogP contribution < -0.4 is 0 Å². The highest BCUT2D eigenvalue weighted by atomic mass is 32.2. The molecule has 22 heavy (non-hydrogen) atoms. The molecule has 0 radical (unpaired) electrons. The Morgan fingerprint density at radius 1 is 1.32 bits per heavy atom. The average molecular weight is 315 g/mol. The van der Waals surface area contributed by atoms with Gasteiger partial charge < -0.3 is 4.90 Å². The van der Waals surface area contributed by atoms with Crippen LogP contribution in [0.4, 0.5) is 0 Å². The maximum Gasteiger partial charge on any atom is 0.233 e. The van der Waals surface area contributed by atoms with E-state index in [0.29, 0.717) is 11.8 Å². The van der Waals surface area contributed by atoms with Crippen LogP contribution in [0.2, 0.25) is 0 Å². The largest absolute Gasteiger partial charge is 0.339 e. The predicted octanol–water partition coefficient (Wildman–Crippen LogP) is 3.51. The lowest BCUT2D eigenvalue weighted by Crippen LogP contribution is -2.44. The van der Waals surface area contributed by atoms with Crippen molar-refractivity contribution in [1.82, 2.24) is 14.9 Å². The third kappa shape index (κ3) is 3.24. The van der Waals surface area contributed by atoms with Crippen LogP contribution in [-0.4, -0.2) is 39.1 Å². The maximum absolute atomic E-state index is 12.5. The molecule has 0 N–H and O–H groups in total. The molecule has 1 aromatic heterocycles. The zero-order chi connectivity index (χ0) is 15.4. The topological polar surface area (TPSA) is 46.1 Å². The summed E-state index contributed by atoms with van der Waals surface area (Å²) >= 11 is 1.52. The third-order valence-corrected chi connectivity index (χ3v) is 5.25. The van der Waals surface area contributed by atoms with E-state index in [1.165, 1.54) is 18.2 Å². The van der Waals surface area contributed by atoms with Crippen LogP contribution in [0.1, 0.15) is 32.6 Å². The Labute approximate surface area is 135 Å². The van der Waals surface area contributed by atoms with Crippen molar-refractivity contribution in [3.63, 3.8) is 0 Å². The number of carbonyl (C=O) groups excluding carboxylic acids is 1. The van der Waals surface area contributed by atoms with E-state index in [1.54, 1.807) is 6.33 Å². The number of para-hydroxylation sites is 1. The Hall–Kier alpha value is -1.62. The number of benzene rings is 1. The van der Waals surface area contributed by atoms with E-state index in [2.05, 4.69) is 21.8 Å². The van der Waals surface area contributed by atoms with Crippen molar-refractivity contribution in [1.29, 1.82) is 0 Å². The molecule has 1 fully saturated rings. The Morgan fingerprint density at radius 2 is 2.18 bits per heavy atom. The molecule has 4 nitrogen and oxygen atoms in total. The first-order valence-electron chi connectivity index (χ1n) is 7.91. The van der Waals surface area contributed by atoms with Gasteiger partial charge in [0, 0.05) is 18.0 Å². The number of thioether (sulfide) groups is 1. The molecule has 0 saturated carbocycles. The summed E-state index contributed by atoms with van der Waals surface area (Å²) in [5, 5.41) is 1.91. The minimum Gasteiger partial charge on any atom is -0.339 e. The van der Waals surface area contributed by atoms with Crippen LogP contribution in [0.15, 0.2) is 35.6 Å². The summed E-state index contributed by atoms with van der Waals surface area (Å²) in [5.41, 5.74) is 0.928. The van der Waals surface area contributed by atoms with Crippen molar-refractivity contribution in [3.05, 3.63) is 30.6 Å². The quantitative estimate of drug-likeness (QED) is 0.640. The molecule has 0 unspecified atom stereocenters. The molecule has 0 spiro atoms. The summed E-state index contributed by atoms with van der Waals surface area (Å²) in [6, 6.07) is 8.35. The second-order valence-corrected chi connectivity index (χ2v) is 6.59. The molecule has 2 aromatic rings. The lowest BCUT2D eigenvalue weighted by Gasteiger charge is -2.35. The summed E-state index contributed by atoms with van der Waals surface area (Å²) in [6.07, 6.45) is 6.14. The molecule has 116 valence electrons. The van der Waals surface area contributed by atoms with Gasteiger partial charge in [0.2, 0.25) is 5.91 Å². The van der Waals surface area contributed by atoms with Crippen LogP contribution >= 0.6 is 11.8 Å². The van der Waals surface area contributed by atoms with Crippen molar-refractivity contribution in [2.24, 2.45) is 0 Å².